The van der Waals surface area contributed by atoms with Crippen LogP contribution < -0.4 is 20.7 Å². The van der Waals surface area contributed by atoms with Gasteiger partial charge in [-0.05, 0) is 53.8 Å². The maximum atomic E-state index is 14.3. The zero-order valence-corrected chi connectivity index (χ0v) is 31.9. The first-order valence-corrected chi connectivity index (χ1v) is 18.9. The fourth-order valence-corrected chi connectivity index (χ4v) is 7.44. The number of methoxy groups -OCH3 is 1. The number of fused-ring (bicyclic) bond motifs is 5. The van der Waals surface area contributed by atoms with E-state index in [1.165, 1.54) is 12.0 Å². The summed E-state index contributed by atoms with van der Waals surface area (Å²) in [7, 11) is 1.49. The second-order valence-electron chi connectivity index (χ2n) is 14.5. The van der Waals surface area contributed by atoms with Crippen LogP contribution in [0.15, 0.2) is 78.9 Å². The number of carbonyl (C=O) groups excluding carboxylic acids is 5. The molecule has 1 saturated heterocycles. The van der Waals surface area contributed by atoms with Crippen LogP contribution in [0.2, 0.25) is 5.02 Å². The van der Waals surface area contributed by atoms with Gasteiger partial charge in [-0.25, -0.2) is 0 Å². The molecule has 3 aromatic carbocycles. The van der Waals surface area contributed by atoms with Gasteiger partial charge >= 0.3 is 0 Å². The average Bonchev–Trinajstić information content (AvgIpc) is 3.80. The summed E-state index contributed by atoms with van der Waals surface area (Å²) >= 11 is 6.41. The van der Waals surface area contributed by atoms with E-state index in [-0.39, 0.29) is 63.6 Å². The minimum absolute atomic E-state index is 0.0430. The highest BCUT2D eigenvalue weighted by Gasteiger charge is 2.39. The third-order valence-electron chi connectivity index (χ3n) is 9.92. The summed E-state index contributed by atoms with van der Waals surface area (Å²) in [5, 5.41) is 10.1. The van der Waals surface area contributed by atoms with Crippen molar-refractivity contribution in [3.8, 4) is 5.75 Å². The highest BCUT2D eigenvalue weighted by Crippen LogP contribution is 2.32. The molecule has 0 unspecified atom stereocenters. The van der Waals surface area contributed by atoms with Crippen LogP contribution in [-0.4, -0.2) is 109 Å². The lowest BCUT2D eigenvalue weighted by Crippen LogP contribution is -2.56. The Kier molecular flexibility index (Phi) is 12.7. The Morgan fingerprint density at radius 2 is 1.67 bits per heavy atom. The third kappa shape index (κ3) is 9.83. The Morgan fingerprint density at radius 1 is 0.909 bits per heavy atom. The van der Waals surface area contributed by atoms with Crippen molar-refractivity contribution in [3.63, 3.8) is 0 Å². The molecule has 1 aromatic heterocycles. The van der Waals surface area contributed by atoms with Crippen LogP contribution in [0.25, 0.3) is 10.9 Å². The summed E-state index contributed by atoms with van der Waals surface area (Å²) in [6.45, 7) is 3.83. The molecule has 0 spiro atoms. The molecule has 14 heteroatoms. The molecule has 2 aliphatic heterocycles. The van der Waals surface area contributed by atoms with Crippen LogP contribution in [0.3, 0.4) is 0 Å². The number of amides is 5. The van der Waals surface area contributed by atoms with E-state index in [4.69, 9.17) is 21.1 Å². The number of hydrogen-bond acceptors (Lipinski definition) is 7. The molecule has 5 amide bonds. The van der Waals surface area contributed by atoms with Gasteiger partial charge in [-0.15, -0.1) is 0 Å². The monoisotopic (exact) mass is 770 g/mol. The van der Waals surface area contributed by atoms with Crippen LogP contribution in [0.1, 0.15) is 47.8 Å². The zero-order valence-electron chi connectivity index (χ0n) is 31.2. The molecule has 3 heterocycles. The van der Waals surface area contributed by atoms with Crippen LogP contribution in [0.5, 0.6) is 5.75 Å². The molecule has 4 aromatic rings. The second-order valence-corrected chi connectivity index (χ2v) is 14.9. The number of H-pyrrole nitrogens is 1. The first-order valence-electron chi connectivity index (χ1n) is 18.5. The summed E-state index contributed by atoms with van der Waals surface area (Å²) < 4.78 is 11.2. The predicted molar refractivity (Wildman–Crippen MR) is 208 cm³/mol. The normalized spacial score (nSPS) is 21.3. The molecular weight excluding hydrogens is 724 g/mol. The Hall–Kier alpha value is -5.40. The molecule has 290 valence electrons. The van der Waals surface area contributed by atoms with Crippen molar-refractivity contribution in [2.24, 2.45) is 5.92 Å². The molecule has 0 radical (unpaired) electrons. The summed E-state index contributed by atoms with van der Waals surface area (Å²) in [4.78, 5) is 75.5. The number of ether oxygens (including phenoxy) is 2. The lowest BCUT2D eigenvalue weighted by molar-refractivity contribution is -0.141. The molecule has 0 aliphatic carbocycles. The van der Waals surface area contributed by atoms with E-state index in [1.807, 2.05) is 56.3 Å². The number of likely N-dealkylation sites (tertiary alicyclic amines) is 1. The smallest absolute Gasteiger partial charge is 0.270 e. The Balaban J connectivity index is 1.35. The second kappa shape index (κ2) is 17.8. The van der Waals surface area contributed by atoms with E-state index in [0.717, 1.165) is 22.0 Å². The summed E-state index contributed by atoms with van der Waals surface area (Å²) in [5.41, 5.74) is 2.69. The van der Waals surface area contributed by atoms with Gasteiger partial charge in [0.25, 0.3) is 11.8 Å². The highest BCUT2D eigenvalue weighted by molar-refractivity contribution is 6.35. The van der Waals surface area contributed by atoms with Crippen molar-refractivity contribution in [3.05, 3.63) is 101 Å². The van der Waals surface area contributed by atoms with Gasteiger partial charge in [0.2, 0.25) is 17.7 Å². The number of hydrogen-bond donors (Lipinski definition) is 4. The number of aromatic nitrogens is 1. The first kappa shape index (κ1) is 39.3. The molecule has 13 nitrogen and oxygen atoms in total. The Bertz CT molecular complexity index is 2020. The van der Waals surface area contributed by atoms with Gasteiger partial charge in [-0.1, -0.05) is 74.0 Å². The molecule has 4 N–H and O–H groups in total. The lowest BCUT2D eigenvalue weighted by atomic mass is 9.93. The van der Waals surface area contributed by atoms with Gasteiger partial charge < -0.3 is 40.2 Å². The van der Waals surface area contributed by atoms with Crippen molar-refractivity contribution >= 4 is 52.0 Å². The summed E-state index contributed by atoms with van der Waals surface area (Å²) in [5.74, 6) is -2.11. The fourth-order valence-electron chi connectivity index (χ4n) is 7.21. The fraction of sp³-hybridized carbons (Fsp3) is 0.390. The van der Waals surface area contributed by atoms with Crippen molar-refractivity contribution in [2.45, 2.75) is 50.7 Å². The van der Waals surface area contributed by atoms with Crippen LogP contribution >= 0.6 is 11.6 Å². The molecule has 0 saturated carbocycles. The molecular formula is C41H47ClN6O7. The van der Waals surface area contributed by atoms with E-state index in [1.54, 1.807) is 41.3 Å². The molecule has 2 bridgehead atoms. The number of carbonyl (C=O) groups is 5. The van der Waals surface area contributed by atoms with Gasteiger partial charge in [0.1, 0.15) is 23.5 Å². The van der Waals surface area contributed by atoms with Crippen LogP contribution in [0, 0.1) is 5.92 Å². The van der Waals surface area contributed by atoms with Crippen molar-refractivity contribution in [1.82, 2.24) is 30.7 Å². The van der Waals surface area contributed by atoms with Gasteiger partial charge in [0.15, 0.2) is 6.61 Å². The van der Waals surface area contributed by atoms with Crippen molar-refractivity contribution in [1.29, 1.82) is 0 Å². The first-order chi connectivity index (χ1) is 26.5. The maximum absolute atomic E-state index is 14.3. The van der Waals surface area contributed by atoms with Crippen LogP contribution in [-0.2, 0) is 30.3 Å². The molecule has 2 aliphatic rings. The minimum Gasteiger partial charge on any atom is -0.484 e. The largest absolute Gasteiger partial charge is 0.484 e. The van der Waals surface area contributed by atoms with Crippen LogP contribution in [0.4, 0.5) is 0 Å². The molecule has 6 rings (SSSR count). The lowest BCUT2D eigenvalue weighted by Gasteiger charge is -2.29. The standard InChI is InChI=1S/C41H47ClN6O7/c1-25(2)17-34-40(52)47(15-16-54-3)23-37(49)44-33(18-26-9-5-4-6-10-26)39(51)46-36-22-48(41(53)35-20-29-31(42)13-8-14-32(29)43-35)21-30(36)27-11-7-12-28(19-27)55-24-38(50)45-34/h4-14,19-20,25,30,33-34,36,43H,15-18,21-24H2,1-3H3,(H,44,49)(H,45,50)(H,46,51)/t30-,33-,34+,36+/m0/s1. The number of aromatic amines is 1. The van der Waals surface area contributed by atoms with E-state index in [2.05, 4.69) is 20.9 Å². The van der Waals surface area contributed by atoms with Gasteiger partial charge in [-0.3, -0.25) is 24.0 Å². The average molecular weight is 771 g/mol. The number of halogens is 1. The third-order valence-corrected chi connectivity index (χ3v) is 10.2. The van der Waals surface area contributed by atoms with Gasteiger partial charge in [0, 0.05) is 55.0 Å². The number of rotatable bonds is 8. The zero-order chi connectivity index (χ0) is 39.1. The minimum atomic E-state index is -1.02. The van der Waals surface area contributed by atoms with Crippen molar-refractivity contribution in [2.75, 3.05) is 46.5 Å². The predicted octanol–water partition coefficient (Wildman–Crippen LogP) is 3.67. The van der Waals surface area contributed by atoms with Crippen molar-refractivity contribution < 1.29 is 33.4 Å². The summed E-state index contributed by atoms with van der Waals surface area (Å²) in [6.07, 6.45) is 0.504. The quantitative estimate of drug-likeness (QED) is 0.213. The van der Waals surface area contributed by atoms with Gasteiger partial charge in [0.05, 0.1) is 19.2 Å². The highest BCUT2D eigenvalue weighted by atomic mass is 35.5. The Labute approximate surface area is 325 Å². The number of nitrogens with one attached hydrogen (secondary N) is 4. The SMILES string of the molecule is COCCN1CC(=O)N[C@@H](Cc2ccccc2)C(=O)N[C@@H]2CN(C(=O)c3cc4c(Cl)cccc4[nH]3)C[C@H]2c2cccc(c2)OCC(=O)N[C@H](CC(C)C)C1=O. The topological polar surface area (TPSA) is 162 Å². The molecule has 55 heavy (non-hydrogen) atoms. The summed E-state index contributed by atoms with van der Waals surface area (Å²) in [6, 6.07) is 21.2. The number of benzene rings is 3. The molecule has 4 atom stereocenters. The Morgan fingerprint density at radius 3 is 2.42 bits per heavy atom. The maximum Gasteiger partial charge on any atom is 0.270 e. The van der Waals surface area contributed by atoms with E-state index in [9.17, 15) is 24.0 Å². The number of nitrogens with zero attached hydrogens (tertiary/aromatic N) is 2. The van der Waals surface area contributed by atoms with E-state index >= 15 is 0 Å². The van der Waals surface area contributed by atoms with E-state index < -0.39 is 41.8 Å². The molecule has 1 fully saturated rings. The van der Waals surface area contributed by atoms with E-state index in [0.29, 0.717) is 22.9 Å². The van der Waals surface area contributed by atoms with Gasteiger partial charge in [-0.2, -0.15) is 0 Å².